The number of hydrogen-bond donors (Lipinski definition) is 0. The van der Waals surface area contributed by atoms with Gasteiger partial charge in [-0.1, -0.05) is 41.9 Å². The molecular weight excluding hydrogens is 316 g/mol. The Morgan fingerprint density at radius 1 is 0.917 bits per heavy atom. The average Bonchev–Trinajstić information content (AvgIpc) is 2.63. The van der Waals surface area contributed by atoms with Crippen molar-refractivity contribution in [2.24, 2.45) is 0 Å². The zero-order valence-corrected chi connectivity index (χ0v) is 14.0. The lowest BCUT2D eigenvalue weighted by Crippen LogP contribution is -2.07. The van der Waals surface area contributed by atoms with Gasteiger partial charge in [0.05, 0.1) is 5.69 Å². The van der Waals surface area contributed by atoms with Gasteiger partial charge in [-0.05, 0) is 66.3 Å². The van der Waals surface area contributed by atoms with Crippen LogP contribution in [0.3, 0.4) is 0 Å². The molecule has 1 heterocycles. The zero-order chi connectivity index (χ0) is 16.4. The van der Waals surface area contributed by atoms with E-state index < -0.39 is 0 Å². The first kappa shape index (κ1) is 15.1. The van der Waals surface area contributed by atoms with Crippen molar-refractivity contribution >= 4 is 23.3 Å². The van der Waals surface area contributed by atoms with Gasteiger partial charge in [-0.15, -0.1) is 0 Å². The van der Waals surface area contributed by atoms with Crippen LogP contribution in [0.15, 0.2) is 60.8 Å². The third kappa shape index (κ3) is 3.10. The SMILES string of the molecule is Clc1ccc(-c2ncc3c(n2)/C(=C/c2ccccc2)CCC3)cc1. The molecule has 0 saturated carbocycles. The van der Waals surface area contributed by atoms with Crippen molar-refractivity contribution in [2.75, 3.05) is 0 Å². The van der Waals surface area contributed by atoms with Gasteiger partial charge in [0.15, 0.2) is 5.82 Å². The lowest BCUT2D eigenvalue weighted by atomic mass is 9.91. The van der Waals surface area contributed by atoms with E-state index in [1.54, 1.807) is 0 Å². The Kier molecular flexibility index (Phi) is 4.14. The molecule has 1 aliphatic rings. The number of halogens is 1. The second-order valence-corrected chi connectivity index (χ2v) is 6.44. The van der Waals surface area contributed by atoms with E-state index in [2.05, 4.69) is 35.3 Å². The van der Waals surface area contributed by atoms with Crippen molar-refractivity contribution in [2.45, 2.75) is 19.3 Å². The summed E-state index contributed by atoms with van der Waals surface area (Å²) in [6.07, 6.45) is 7.47. The van der Waals surface area contributed by atoms with E-state index in [9.17, 15) is 0 Å². The molecule has 4 rings (SSSR count). The highest BCUT2D eigenvalue weighted by Crippen LogP contribution is 2.32. The minimum atomic E-state index is 0.723. The summed E-state index contributed by atoms with van der Waals surface area (Å²) in [5.74, 6) is 0.756. The highest BCUT2D eigenvalue weighted by molar-refractivity contribution is 6.30. The highest BCUT2D eigenvalue weighted by atomic mass is 35.5. The number of rotatable bonds is 2. The summed E-state index contributed by atoms with van der Waals surface area (Å²) in [6.45, 7) is 0. The number of hydrogen-bond acceptors (Lipinski definition) is 2. The first-order chi connectivity index (χ1) is 11.8. The number of fused-ring (bicyclic) bond motifs is 1. The van der Waals surface area contributed by atoms with Crippen molar-refractivity contribution in [3.05, 3.63) is 82.6 Å². The maximum atomic E-state index is 5.98. The summed E-state index contributed by atoms with van der Waals surface area (Å²) in [4.78, 5) is 9.42. The maximum Gasteiger partial charge on any atom is 0.159 e. The highest BCUT2D eigenvalue weighted by Gasteiger charge is 2.17. The van der Waals surface area contributed by atoms with Crippen molar-refractivity contribution in [1.29, 1.82) is 0 Å². The molecule has 0 saturated heterocycles. The minimum absolute atomic E-state index is 0.723. The van der Waals surface area contributed by atoms with Gasteiger partial charge < -0.3 is 0 Å². The van der Waals surface area contributed by atoms with Crippen LogP contribution in [0.1, 0.15) is 29.7 Å². The molecule has 0 amide bonds. The Morgan fingerprint density at radius 2 is 1.71 bits per heavy atom. The minimum Gasteiger partial charge on any atom is -0.236 e. The van der Waals surface area contributed by atoms with Crippen LogP contribution in [0.25, 0.3) is 23.0 Å². The molecule has 0 fully saturated rings. The molecule has 3 heteroatoms. The summed E-state index contributed by atoms with van der Waals surface area (Å²) in [6, 6.07) is 18.1. The number of aromatic nitrogens is 2. The molecule has 1 aliphatic carbocycles. The van der Waals surface area contributed by atoms with E-state index >= 15 is 0 Å². The van der Waals surface area contributed by atoms with Crippen LogP contribution in [0, 0.1) is 0 Å². The summed E-state index contributed by atoms with van der Waals surface area (Å²) in [5.41, 5.74) is 5.82. The number of benzene rings is 2. The van der Waals surface area contributed by atoms with Gasteiger partial charge in [0.1, 0.15) is 0 Å². The van der Waals surface area contributed by atoms with Crippen molar-refractivity contribution < 1.29 is 0 Å². The van der Waals surface area contributed by atoms with Gasteiger partial charge in [0.25, 0.3) is 0 Å². The van der Waals surface area contributed by atoms with Crippen LogP contribution in [0.4, 0.5) is 0 Å². The average molecular weight is 333 g/mol. The number of aryl methyl sites for hydroxylation is 1. The first-order valence-electron chi connectivity index (χ1n) is 8.17. The van der Waals surface area contributed by atoms with E-state index in [0.717, 1.165) is 41.4 Å². The van der Waals surface area contributed by atoms with E-state index in [1.165, 1.54) is 16.7 Å². The molecule has 0 bridgehead atoms. The molecular formula is C21H17ClN2. The Balaban J connectivity index is 1.77. The molecule has 0 atom stereocenters. The Bertz CT molecular complexity index is 883. The number of allylic oxidation sites excluding steroid dienone is 1. The third-order valence-electron chi connectivity index (χ3n) is 4.30. The van der Waals surface area contributed by atoms with Crippen LogP contribution in [0.2, 0.25) is 5.02 Å². The second kappa shape index (κ2) is 6.58. The van der Waals surface area contributed by atoms with E-state index in [4.69, 9.17) is 16.6 Å². The largest absolute Gasteiger partial charge is 0.236 e. The molecule has 0 radical (unpaired) electrons. The second-order valence-electron chi connectivity index (χ2n) is 6.01. The lowest BCUT2D eigenvalue weighted by Gasteiger charge is -2.18. The molecule has 2 aromatic carbocycles. The van der Waals surface area contributed by atoms with Crippen LogP contribution in [-0.4, -0.2) is 9.97 Å². The Morgan fingerprint density at radius 3 is 2.50 bits per heavy atom. The Labute approximate surface area is 146 Å². The van der Waals surface area contributed by atoms with E-state index in [-0.39, 0.29) is 0 Å². The fraction of sp³-hybridized carbons (Fsp3) is 0.143. The topological polar surface area (TPSA) is 25.8 Å². The molecule has 24 heavy (non-hydrogen) atoms. The summed E-state index contributed by atoms with van der Waals surface area (Å²) < 4.78 is 0. The zero-order valence-electron chi connectivity index (χ0n) is 13.2. The predicted molar refractivity (Wildman–Crippen MR) is 99.7 cm³/mol. The van der Waals surface area contributed by atoms with E-state index in [0.29, 0.717) is 0 Å². The smallest absolute Gasteiger partial charge is 0.159 e. The number of nitrogens with zero attached hydrogens (tertiary/aromatic N) is 2. The van der Waals surface area contributed by atoms with Crippen molar-refractivity contribution in [3.63, 3.8) is 0 Å². The molecule has 0 N–H and O–H groups in total. The fourth-order valence-corrected chi connectivity index (χ4v) is 3.21. The normalized spacial score (nSPS) is 15.3. The van der Waals surface area contributed by atoms with Crippen LogP contribution in [0.5, 0.6) is 0 Å². The van der Waals surface area contributed by atoms with Gasteiger partial charge >= 0.3 is 0 Å². The summed E-state index contributed by atoms with van der Waals surface area (Å²) in [7, 11) is 0. The standard InChI is InChI=1S/C21H17ClN2/c22-19-11-9-16(10-12-19)21-23-14-18-8-4-7-17(20(18)24-21)13-15-5-2-1-3-6-15/h1-3,5-6,9-14H,4,7-8H2/b17-13+. The lowest BCUT2D eigenvalue weighted by molar-refractivity contribution is 0.803. The molecule has 1 aromatic heterocycles. The molecule has 2 nitrogen and oxygen atoms in total. The van der Waals surface area contributed by atoms with Gasteiger partial charge in [-0.3, -0.25) is 0 Å². The molecule has 0 spiro atoms. The van der Waals surface area contributed by atoms with Crippen molar-refractivity contribution in [1.82, 2.24) is 9.97 Å². The summed E-state index contributed by atoms with van der Waals surface area (Å²) >= 11 is 5.98. The van der Waals surface area contributed by atoms with Crippen molar-refractivity contribution in [3.8, 4) is 11.4 Å². The van der Waals surface area contributed by atoms with Gasteiger partial charge in [-0.2, -0.15) is 0 Å². The molecule has 0 aliphatic heterocycles. The Hall–Kier alpha value is -2.45. The predicted octanol–water partition coefficient (Wildman–Crippen LogP) is 5.67. The quantitative estimate of drug-likeness (QED) is 0.604. The van der Waals surface area contributed by atoms with Gasteiger partial charge in [-0.25, -0.2) is 9.97 Å². The maximum absolute atomic E-state index is 5.98. The third-order valence-corrected chi connectivity index (χ3v) is 4.56. The summed E-state index contributed by atoms with van der Waals surface area (Å²) in [5, 5.41) is 0.723. The van der Waals surface area contributed by atoms with Gasteiger partial charge in [0, 0.05) is 16.8 Å². The van der Waals surface area contributed by atoms with Crippen LogP contribution < -0.4 is 0 Å². The molecule has 3 aromatic rings. The fourth-order valence-electron chi connectivity index (χ4n) is 3.08. The van der Waals surface area contributed by atoms with E-state index in [1.807, 2.05) is 36.5 Å². The first-order valence-corrected chi connectivity index (χ1v) is 8.55. The molecule has 118 valence electrons. The van der Waals surface area contributed by atoms with Crippen LogP contribution in [-0.2, 0) is 6.42 Å². The van der Waals surface area contributed by atoms with Crippen LogP contribution >= 0.6 is 11.6 Å². The van der Waals surface area contributed by atoms with Gasteiger partial charge in [0.2, 0.25) is 0 Å². The molecule has 0 unspecified atom stereocenters. The monoisotopic (exact) mass is 332 g/mol.